The molecular weight excluding hydrogens is 328 g/mol. The van der Waals surface area contributed by atoms with Crippen molar-refractivity contribution >= 4 is 16.7 Å². The molecule has 0 radical (unpaired) electrons. The second kappa shape index (κ2) is 7.54. The standard InChI is InChI=1S/C21H20N2O3/c24-21(23-9-11-25-12-10-23)15-26-20-7-8-22-14-19(20)18-6-5-16-3-1-2-4-17(16)13-18/h1-8,13-14H,9-12,15H2. The number of amides is 1. The van der Waals surface area contributed by atoms with Gasteiger partial charge < -0.3 is 14.4 Å². The highest BCUT2D eigenvalue weighted by molar-refractivity contribution is 5.88. The Morgan fingerprint density at radius 2 is 1.88 bits per heavy atom. The fraction of sp³-hybridized carbons (Fsp3) is 0.238. The van der Waals surface area contributed by atoms with Crippen molar-refractivity contribution in [2.45, 2.75) is 0 Å². The number of carbonyl (C=O) groups is 1. The van der Waals surface area contributed by atoms with Gasteiger partial charge in [-0.05, 0) is 28.5 Å². The van der Waals surface area contributed by atoms with E-state index in [0.29, 0.717) is 32.1 Å². The van der Waals surface area contributed by atoms with Crippen molar-refractivity contribution in [2.24, 2.45) is 0 Å². The lowest BCUT2D eigenvalue weighted by molar-refractivity contribution is -0.137. The largest absolute Gasteiger partial charge is 0.483 e. The summed E-state index contributed by atoms with van der Waals surface area (Å²) in [4.78, 5) is 18.3. The summed E-state index contributed by atoms with van der Waals surface area (Å²) in [5.74, 6) is 0.645. The number of hydrogen-bond donors (Lipinski definition) is 0. The Morgan fingerprint density at radius 1 is 1.08 bits per heavy atom. The summed E-state index contributed by atoms with van der Waals surface area (Å²) in [7, 11) is 0. The van der Waals surface area contributed by atoms with Crippen LogP contribution in [0.2, 0.25) is 0 Å². The quantitative estimate of drug-likeness (QED) is 0.727. The molecule has 2 heterocycles. The first-order valence-electron chi connectivity index (χ1n) is 8.73. The topological polar surface area (TPSA) is 51.7 Å². The number of nitrogens with zero attached hydrogens (tertiary/aromatic N) is 2. The summed E-state index contributed by atoms with van der Waals surface area (Å²) >= 11 is 0. The minimum absolute atomic E-state index is 0.0184. The Balaban J connectivity index is 1.55. The highest BCUT2D eigenvalue weighted by atomic mass is 16.5. The predicted octanol–water partition coefficient (Wildman–Crippen LogP) is 3.14. The minimum Gasteiger partial charge on any atom is -0.483 e. The van der Waals surface area contributed by atoms with Gasteiger partial charge in [0.15, 0.2) is 6.61 Å². The Labute approximate surface area is 152 Å². The number of ether oxygens (including phenoxy) is 2. The molecular formula is C21H20N2O3. The smallest absolute Gasteiger partial charge is 0.260 e. The highest BCUT2D eigenvalue weighted by Crippen LogP contribution is 2.31. The van der Waals surface area contributed by atoms with Gasteiger partial charge in [-0.3, -0.25) is 9.78 Å². The molecule has 132 valence electrons. The van der Waals surface area contributed by atoms with Gasteiger partial charge in [0, 0.05) is 31.0 Å². The zero-order valence-corrected chi connectivity index (χ0v) is 14.4. The van der Waals surface area contributed by atoms with Gasteiger partial charge in [0.25, 0.3) is 5.91 Å². The van der Waals surface area contributed by atoms with E-state index >= 15 is 0 Å². The third-order valence-corrected chi connectivity index (χ3v) is 4.56. The molecule has 5 nitrogen and oxygen atoms in total. The van der Waals surface area contributed by atoms with Crippen LogP contribution in [-0.4, -0.2) is 48.7 Å². The predicted molar refractivity (Wildman–Crippen MR) is 100 cm³/mol. The zero-order chi connectivity index (χ0) is 17.8. The molecule has 4 rings (SSSR count). The van der Waals surface area contributed by atoms with E-state index in [9.17, 15) is 4.79 Å². The molecule has 1 saturated heterocycles. The maximum atomic E-state index is 12.3. The average Bonchev–Trinajstić information content (AvgIpc) is 2.72. The number of hydrogen-bond acceptors (Lipinski definition) is 4. The fourth-order valence-electron chi connectivity index (χ4n) is 3.12. The fourth-order valence-corrected chi connectivity index (χ4v) is 3.12. The zero-order valence-electron chi connectivity index (χ0n) is 14.4. The van der Waals surface area contributed by atoms with Gasteiger partial charge in [-0.25, -0.2) is 0 Å². The third kappa shape index (κ3) is 3.53. The van der Waals surface area contributed by atoms with Crippen LogP contribution in [0.1, 0.15) is 0 Å². The number of aromatic nitrogens is 1. The first-order chi connectivity index (χ1) is 12.8. The maximum absolute atomic E-state index is 12.3. The molecule has 0 atom stereocenters. The van der Waals surface area contributed by atoms with Crippen LogP contribution >= 0.6 is 0 Å². The molecule has 0 saturated carbocycles. The van der Waals surface area contributed by atoms with E-state index in [-0.39, 0.29) is 12.5 Å². The molecule has 0 N–H and O–H groups in total. The maximum Gasteiger partial charge on any atom is 0.260 e. The summed E-state index contributed by atoms with van der Waals surface area (Å²) < 4.78 is 11.1. The second-order valence-corrected chi connectivity index (χ2v) is 6.22. The van der Waals surface area contributed by atoms with E-state index in [4.69, 9.17) is 9.47 Å². The second-order valence-electron chi connectivity index (χ2n) is 6.22. The van der Waals surface area contributed by atoms with Crippen LogP contribution in [-0.2, 0) is 9.53 Å². The van der Waals surface area contributed by atoms with Gasteiger partial charge in [-0.1, -0.05) is 36.4 Å². The van der Waals surface area contributed by atoms with Crippen molar-refractivity contribution < 1.29 is 14.3 Å². The van der Waals surface area contributed by atoms with E-state index in [2.05, 4.69) is 35.3 Å². The molecule has 1 aromatic heterocycles. The van der Waals surface area contributed by atoms with Crippen LogP contribution in [0.5, 0.6) is 5.75 Å². The molecule has 1 amide bonds. The van der Waals surface area contributed by atoms with E-state index < -0.39 is 0 Å². The van der Waals surface area contributed by atoms with Crippen molar-refractivity contribution in [2.75, 3.05) is 32.9 Å². The van der Waals surface area contributed by atoms with Crippen LogP contribution in [0.25, 0.3) is 21.9 Å². The molecule has 0 aliphatic carbocycles. The average molecular weight is 348 g/mol. The van der Waals surface area contributed by atoms with Crippen LogP contribution in [0.15, 0.2) is 60.9 Å². The van der Waals surface area contributed by atoms with Crippen LogP contribution in [0.3, 0.4) is 0 Å². The SMILES string of the molecule is O=C(COc1ccncc1-c1ccc2ccccc2c1)N1CCOCC1. The number of fused-ring (bicyclic) bond motifs is 1. The molecule has 1 fully saturated rings. The summed E-state index contributed by atoms with van der Waals surface area (Å²) in [6.07, 6.45) is 3.46. The highest BCUT2D eigenvalue weighted by Gasteiger charge is 2.18. The number of rotatable bonds is 4. The van der Waals surface area contributed by atoms with Crippen molar-refractivity contribution in [3.63, 3.8) is 0 Å². The Hall–Kier alpha value is -2.92. The van der Waals surface area contributed by atoms with Gasteiger partial charge in [-0.15, -0.1) is 0 Å². The summed E-state index contributed by atoms with van der Waals surface area (Å²) in [5, 5.41) is 2.34. The van der Waals surface area contributed by atoms with E-state index in [1.54, 1.807) is 23.4 Å². The summed E-state index contributed by atoms with van der Waals surface area (Å²) in [6.45, 7) is 2.43. The molecule has 0 spiro atoms. The summed E-state index contributed by atoms with van der Waals surface area (Å²) in [5.41, 5.74) is 1.90. The van der Waals surface area contributed by atoms with Gasteiger partial charge in [0.05, 0.1) is 13.2 Å². The lowest BCUT2D eigenvalue weighted by Gasteiger charge is -2.26. The molecule has 1 aliphatic heterocycles. The minimum atomic E-state index is -0.0189. The number of morpholine rings is 1. The van der Waals surface area contributed by atoms with E-state index in [1.807, 2.05) is 12.1 Å². The van der Waals surface area contributed by atoms with Crippen LogP contribution < -0.4 is 4.74 Å². The van der Waals surface area contributed by atoms with Crippen molar-refractivity contribution in [3.05, 3.63) is 60.9 Å². The van der Waals surface area contributed by atoms with Crippen LogP contribution in [0.4, 0.5) is 0 Å². The lowest BCUT2D eigenvalue weighted by Crippen LogP contribution is -2.43. The molecule has 5 heteroatoms. The first kappa shape index (κ1) is 16.5. The molecule has 1 aliphatic rings. The third-order valence-electron chi connectivity index (χ3n) is 4.56. The van der Waals surface area contributed by atoms with Crippen molar-refractivity contribution in [1.29, 1.82) is 0 Å². The lowest BCUT2D eigenvalue weighted by atomic mass is 10.0. The molecule has 2 aromatic carbocycles. The normalized spacial score (nSPS) is 14.4. The molecule has 0 bridgehead atoms. The van der Waals surface area contributed by atoms with Crippen LogP contribution in [0, 0.1) is 0 Å². The van der Waals surface area contributed by atoms with Gasteiger partial charge in [0.1, 0.15) is 5.75 Å². The van der Waals surface area contributed by atoms with Gasteiger partial charge >= 0.3 is 0 Å². The molecule has 0 unspecified atom stereocenters. The molecule has 26 heavy (non-hydrogen) atoms. The van der Waals surface area contributed by atoms with Crippen molar-refractivity contribution in [3.8, 4) is 16.9 Å². The Bertz CT molecular complexity index is 920. The van der Waals surface area contributed by atoms with Gasteiger partial charge in [0.2, 0.25) is 0 Å². The first-order valence-corrected chi connectivity index (χ1v) is 8.73. The number of benzene rings is 2. The molecule has 3 aromatic rings. The van der Waals surface area contributed by atoms with E-state index in [0.717, 1.165) is 16.5 Å². The van der Waals surface area contributed by atoms with E-state index in [1.165, 1.54) is 5.39 Å². The number of carbonyl (C=O) groups excluding carboxylic acids is 1. The monoisotopic (exact) mass is 348 g/mol. The Morgan fingerprint density at radius 3 is 2.73 bits per heavy atom. The van der Waals surface area contributed by atoms with Crippen molar-refractivity contribution in [1.82, 2.24) is 9.88 Å². The van der Waals surface area contributed by atoms with Gasteiger partial charge in [-0.2, -0.15) is 0 Å². The Kier molecular flexibility index (Phi) is 4.80. The summed E-state index contributed by atoms with van der Waals surface area (Å²) in [6, 6.07) is 16.3. The number of pyridine rings is 1.